The number of carbonyl (C=O) groups excluding carboxylic acids is 1. The summed E-state index contributed by atoms with van der Waals surface area (Å²) in [5, 5.41) is 6.25. The van der Waals surface area contributed by atoms with Gasteiger partial charge in [-0.05, 0) is 47.1 Å². The third kappa shape index (κ3) is 6.72. The molecule has 2 N–H and O–H groups in total. The highest BCUT2D eigenvalue weighted by Gasteiger charge is 2.25. The zero-order valence-corrected chi connectivity index (χ0v) is 14.0. The molecule has 1 fully saturated rings. The van der Waals surface area contributed by atoms with Gasteiger partial charge in [0.05, 0.1) is 0 Å². The van der Waals surface area contributed by atoms with Crippen LogP contribution < -0.4 is 10.6 Å². The molecule has 114 valence electrons. The molecule has 0 aromatic rings. The summed E-state index contributed by atoms with van der Waals surface area (Å²) >= 11 is 0. The minimum atomic E-state index is -0.893. The fourth-order valence-corrected chi connectivity index (χ4v) is 2.99. The number of hydrogen-bond acceptors (Lipinski definition) is 3. The number of amides is 1. The predicted molar refractivity (Wildman–Crippen MR) is 83.2 cm³/mol. The molecule has 0 saturated carbocycles. The average molecular weight is 311 g/mol. The maximum atomic E-state index is 11.9. The lowest BCUT2D eigenvalue weighted by atomic mass is 9.92. The van der Waals surface area contributed by atoms with E-state index in [4.69, 9.17) is 0 Å². The van der Waals surface area contributed by atoms with Crippen LogP contribution in [0.5, 0.6) is 0 Å². The Bertz CT molecular complexity index is 318. The van der Waals surface area contributed by atoms with Crippen molar-refractivity contribution in [2.24, 2.45) is 5.92 Å². The Kier molecular flexibility index (Phi) is 8.17. The number of carbonyl (C=O) groups is 1. The van der Waals surface area contributed by atoms with E-state index in [-0.39, 0.29) is 29.0 Å². The number of hydrogen-bond donors (Lipinski definition) is 2. The van der Waals surface area contributed by atoms with E-state index < -0.39 is 10.8 Å². The van der Waals surface area contributed by atoms with Crippen molar-refractivity contribution in [2.75, 3.05) is 18.8 Å². The summed E-state index contributed by atoms with van der Waals surface area (Å²) < 4.78 is 11.6. The average Bonchev–Trinajstić information content (AvgIpc) is 2.27. The van der Waals surface area contributed by atoms with E-state index in [1.165, 1.54) is 0 Å². The van der Waals surface area contributed by atoms with E-state index in [2.05, 4.69) is 17.6 Å². The van der Waals surface area contributed by atoms with Crippen molar-refractivity contribution >= 4 is 29.1 Å². The van der Waals surface area contributed by atoms with Crippen LogP contribution in [-0.2, 0) is 15.6 Å². The Labute approximate surface area is 125 Å². The third-order valence-electron chi connectivity index (χ3n) is 3.26. The monoisotopic (exact) mass is 310 g/mol. The van der Waals surface area contributed by atoms with Crippen molar-refractivity contribution in [1.82, 2.24) is 10.6 Å². The second-order valence-corrected chi connectivity index (χ2v) is 8.35. The first-order chi connectivity index (χ1) is 8.30. The summed E-state index contributed by atoms with van der Waals surface area (Å²) in [5.41, 5.74) is 0. The Balaban J connectivity index is 0.00000324. The summed E-state index contributed by atoms with van der Waals surface area (Å²) in [7, 11) is -0.893. The molecule has 1 amide bonds. The standard InChI is InChI=1S/C13H26N2O2S.ClH/c1-10-9-11(5-6-14-10)12(16)15-7-8-18(17)13(2,3)4;/h10-11,14H,5-9H2,1-4H3,(H,15,16);1H/t10-,11-,18?;/m0./s1. The maximum Gasteiger partial charge on any atom is 0.223 e. The molecule has 0 aromatic heterocycles. The van der Waals surface area contributed by atoms with Crippen molar-refractivity contribution in [1.29, 1.82) is 0 Å². The molecule has 0 radical (unpaired) electrons. The Morgan fingerprint density at radius 3 is 2.58 bits per heavy atom. The largest absolute Gasteiger partial charge is 0.355 e. The van der Waals surface area contributed by atoms with Crippen LogP contribution in [0, 0.1) is 5.92 Å². The normalized spacial score (nSPS) is 25.3. The van der Waals surface area contributed by atoms with Gasteiger partial charge >= 0.3 is 0 Å². The first-order valence-electron chi connectivity index (χ1n) is 6.70. The smallest absolute Gasteiger partial charge is 0.223 e. The van der Waals surface area contributed by atoms with Crippen LogP contribution in [0.4, 0.5) is 0 Å². The van der Waals surface area contributed by atoms with Crippen molar-refractivity contribution in [3.05, 3.63) is 0 Å². The molecule has 19 heavy (non-hydrogen) atoms. The topological polar surface area (TPSA) is 58.2 Å². The molecule has 1 unspecified atom stereocenters. The van der Waals surface area contributed by atoms with Crippen LogP contribution in [0.1, 0.15) is 40.5 Å². The van der Waals surface area contributed by atoms with E-state index in [1.54, 1.807) is 0 Å². The van der Waals surface area contributed by atoms with Gasteiger partial charge in [-0.25, -0.2) is 0 Å². The molecule has 1 rings (SSSR count). The number of halogens is 1. The molecule has 0 aromatic carbocycles. The SMILES string of the molecule is C[C@H]1C[C@@H](C(=O)NCCS(=O)C(C)(C)C)CCN1.Cl. The van der Waals surface area contributed by atoms with Crippen molar-refractivity contribution in [3.63, 3.8) is 0 Å². The van der Waals surface area contributed by atoms with Crippen LogP contribution in [0.15, 0.2) is 0 Å². The predicted octanol–water partition coefficient (Wildman–Crippen LogP) is 1.46. The van der Waals surface area contributed by atoms with Crippen molar-refractivity contribution in [3.8, 4) is 0 Å². The van der Waals surface area contributed by atoms with Gasteiger partial charge in [-0.15, -0.1) is 12.4 Å². The molecule has 1 saturated heterocycles. The van der Waals surface area contributed by atoms with Gasteiger partial charge in [0.25, 0.3) is 0 Å². The molecule has 0 spiro atoms. The van der Waals surface area contributed by atoms with Gasteiger partial charge in [-0.1, -0.05) is 0 Å². The summed E-state index contributed by atoms with van der Waals surface area (Å²) in [6.07, 6.45) is 1.80. The lowest BCUT2D eigenvalue weighted by molar-refractivity contribution is -0.125. The van der Waals surface area contributed by atoms with E-state index >= 15 is 0 Å². The van der Waals surface area contributed by atoms with Crippen LogP contribution in [0.2, 0.25) is 0 Å². The molecule has 4 nitrogen and oxygen atoms in total. The summed E-state index contributed by atoms with van der Waals surface area (Å²) in [6.45, 7) is 9.40. The van der Waals surface area contributed by atoms with Gasteiger partial charge in [0.15, 0.2) is 0 Å². The highest BCUT2D eigenvalue weighted by atomic mass is 35.5. The van der Waals surface area contributed by atoms with Gasteiger partial charge in [0, 0.05) is 39.8 Å². The van der Waals surface area contributed by atoms with Gasteiger partial charge in [0.2, 0.25) is 5.91 Å². The summed E-state index contributed by atoms with van der Waals surface area (Å²) in [4.78, 5) is 11.9. The number of nitrogens with one attached hydrogen (secondary N) is 2. The second kappa shape index (κ2) is 8.22. The zero-order valence-electron chi connectivity index (χ0n) is 12.3. The van der Waals surface area contributed by atoms with Gasteiger partial charge in [0.1, 0.15) is 0 Å². The molecule has 1 heterocycles. The van der Waals surface area contributed by atoms with Crippen LogP contribution >= 0.6 is 12.4 Å². The minimum Gasteiger partial charge on any atom is -0.355 e. The highest BCUT2D eigenvalue weighted by molar-refractivity contribution is 7.86. The Morgan fingerprint density at radius 1 is 1.42 bits per heavy atom. The third-order valence-corrected chi connectivity index (χ3v) is 5.21. The first kappa shape index (κ1) is 18.9. The van der Waals surface area contributed by atoms with Crippen LogP contribution in [-0.4, -0.2) is 39.7 Å². The quantitative estimate of drug-likeness (QED) is 0.826. The van der Waals surface area contributed by atoms with E-state index in [0.717, 1.165) is 19.4 Å². The molecular weight excluding hydrogens is 284 g/mol. The fourth-order valence-electron chi connectivity index (χ4n) is 2.09. The number of piperidine rings is 1. The summed E-state index contributed by atoms with van der Waals surface area (Å²) in [6, 6.07) is 0.415. The number of rotatable bonds is 4. The molecule has 1 aliphatic rings. The van der Waals surface area contributed by atoms with Crippen molar-refractivity contribution in [2.45, 2.75) is 51.3 Å². The molecule has 0 bridgehead atoms. The first-order valence-corrected chi connectivity index (χ1v) is 8.02. The van der Waals surface area contributed by atoms with E-state index in [9.17, 15) is 9.00 Å². The lowest BCUT2D eigenvalue weighted by Gasteiger charge is -2.27. The van der Waals surface area contributed by atoms with Crippen molar-refractivity contribution < 1.29 is 9.00 Å². The highest BCUT2D eigenvalue weighted by Crippen LogP contribution is 2.16. The molecule has 1 aliphatic heterocycles. The minimum absolute atomic E-state index is 0. The molecule has 0 aliphatic carbocycles. The Morgan fingerprint density at radius 2 is 2.05 bits per heavy atom. The Hall–Kier alpha value is -0.130. The van der Waals surface area contributed by atoms with Crippen LogP contribution in [0.3, 0.4) is 0 Å². The molecule has 3 atom stereocenters. The van der Waals surface area contributed by atoms with Crippen LogP contribution in [0.25, 0.3) is 0 Å². The van der Waals surface area contributed by atoms with Gasteiger partial charge in [-0.3, -0.25) is 9.00 Å². The molecular formula is C13H27ClN2O2S. The fraction of sp³-hybridized carbons (Fsp3) is 0.923. The molecule has 6 heteroatoms. The zero-order chi connectivity index (χ0) is 13.8. The van der Waals surface area contributed by atoms with Gasteiger partial charge in [-0.2, -0.15) is 0 Å². The van der Waals surface area contributed by atoms with E-state index in [1.807, 2.05) is 20.8 Å². The summed E-state index contributed by atoms with van der Waals surface area (Å²) in [5.74, 6) is 0.772. The lowest BCUT2D eigenvalue weighted by Crippen LogP contribution is -2.43. The van der Waals surface area contributed by atoms with E-state index in [0.29, 0.717) is 18.3 Å². The second-order valence-electron chi connectivity index (χ2n) is 6.03. The van der Waals surface area contributed by atoms with Gasteiger partial charge < -0.3 is 10.6 Å². The maximum absolute atomic E-state index is 11.9.